The van der Waals surface area contributed by atoms with Crippen LogP contribution in [0.25, 0.3) is 33.6 Å². The highest BCUT2D eigenvalue weighted by atomic mass is 19.3. The summed E-state index contributed by atoms with van der Waals surface area (Å²) in [6.45, 7) is 0.514. The molecule has 0 saturated heterocycles. The average molecular weight is 392 g/mol. The molecule has 0 amide bonds. The quantitative estimate of drug-likeness (QED) is 0.477. The van der Waals surface area contributed by atoms with Gasteiger partial charge in [0.25, 0.3) is 5.89 Å². The number of para-hydroxylation sites is 1. The van der Waals surface area contributed by atoms with Gasteiger partial charge >= 0.3 is 6.43 Å². The van der Waals surface area contributed by atoms with E-state index in [0.29, 0.717) is 12.1 Å². The molecule has 5 rings (SSSR count). The summed E-state index contributed by atoms with van der Waals surface area (Å²) in [5.74, 6) is -0.620. The number of rotatable bonds is 5. The fourth-order valence-electron chi connectivity index (χ4n) is 3.18. The van der Waals surface area contributed by atoms with Crippen LogP contribution in [-0.2, 0) is 6.54 Å². The van der Waals surface area contributed by atoms with Crippen LogP contribution in [0.15, 0.2) is 65.3 Å². The summed E-state index contributed by atoms with van der Waals surface area (Å²) in [7, 11) is 0. The van der Waals surface area contributed by atoms with Crippen LogP contribution in [0, 0.1) is 0 Å². The summed E-state index contributed by atoms with van der Waals surface area (Å²) in [5.41, 5.74) is 4.33. The second kappa shape index (κ2) is 6.93. The van der Waals surface area contributed by atoms with E-state index in [-0.39, 0.29) is 5.89 Å². The molecule has 0 aliphatic heterocycles. The van der Waals surface area contributed by atoms with Gasteiger partial charge in [0.05, 0.1) is 18.3 Å². The first-order chi connectivity index (χ1) is 14.2. The molecule has 0 aliphatic rings. The van der Waals surface area contributed by atoms with Gasteiger partial charge in [-0.3, -0.25) is 0 Å². The zero-order chi connectivity index (χ0) is 19.8. The molecule has 0 saturated carbocycles. The number of halogens is 2. The summed E-state index contributed by atoms with van der Waals surface area (Å²) in [6.07, 6.45) is 0.999. The molecule has 2 aromatic carbocycles. The first kappa shape index (κ1) is 17.2. The first-order valence-electron chi connectivity index (χ1n) is 8.85. The van der Waals surface area contributed by atoms with E-state index in [0.717, 1.165) is 27.7 Å². The normalized spacial score (nSPS) is 11.6. The number of alkyl halides is 2. The van der Waals surface area contributed by atoms with E-state index in [9.17, 15) is 8.78 Å². The highest BCUT2D eigenvalue weighted by Gasteiger charge is 2.17. The molecule has 0 fully saturated rings. The van der Waals surface area contributed by atoms with Crippen LogP contribution in [0.5, 0.6) is 0 Å². The number of benzene rings is 2. The summed E-state index contributed by atoms with van der Waals surface area (Å²) < 4.78 is 31.9. The lowest BCUT2D eigenvalue weighted by molar-refractivity contribution is 0.116. The molecule has 0 spiro atoms. The molecule has 0 unspecified atom stereocenters. The maximum absolute atomic E-state index is 12.6. The van der Waals surface area contributed by atoms with Gasteiger partial charge in [0, 0.05) is 22.7 Å². The highest BCUT2D eigenvalue weighted by molar-refractivity contribution is 5.92. The van der Waals surface area contributed by atoms with Crippen LogP contribution in [-0.4, -0.2) is 30.2 Å². The third kappa shape index (κ3) is 3.27. The van der Waals surface area contributed by atoms with Crippen molar-refractivity contribution < 1.29 is 13.2 Å². The summed E-state index contributed by atoms with van der Waals surface area (Å²) in [5, 5.41) is 16.6. The molecule has 1 N–H and O–H groups in total. The molecule has 0 bridgehead atoms. The lowest BCUT2D eigenvalue weighted by Gasteiger charge is -2.02. The molecule has 3 heterocycles. The van der Waals surface area contributed by atoms with Gasteiger partial charge in [-0.15, -0.1) is 15.3 Å². The fourth-order valence-corrected chi connectivity index (χ4v) is 3.18. The van der Waals surface area contributed by atoms with E-state index >= 15 is 0 Å². The predicted molar refractivity (Wildman–Crippen MR) is 101 cm³/mol. The Hall–Kier alpha value is -3.88. The number of fused-ring (bicyclic) bond motifs is 1. The molecule has 9 heteroatoms. The third-order valence-corrected chi connectivity index (χ3v) is 4.57. The van der Waals surface area contributed by atoms with Crippen molar-refractivity contribution in [2.45, 2.75) is 13.0 Å². The monoisotopic (exact) mass is 392 g/mol. The first-order valence-corrected chi connectivity index (χ1v) is 8.85. The second-order valence-corrected chi connectivity index (χ2v) is 6.49. The second-order valence-electron chi connectivity index (χ2n) is 6.49. The van der Waals surface area contributed by atoms with E-state index in [2.05, 4.69) is 25.5 Å². The molecule has 5 aromatic rings. The number of nitrogens with one attached hydrogen (secondary N) is 1. The Labute approximate surface area is 163 Å². The molecule has 29 heavy (non-hydrogen) atoms. The van der Waals surface area contributed by atoms with Crippen LogP contribution in [0.1, 0.15) is 17.9 Å². The number of H-pyrrole nitrogens is 1. The van der Waals surface area contributed by atoms with Gasteiger partial charge in [-0.1, -0.05) is 35.5 Å². The Balaban J connectivity index is 1.35. The van der Waals surface area contributed by atoms with Gasteiger partial charge in [0.15, 0.2) is 0 Å². The SMILES string of the molecule is FC(F)c1nnc(-c2ccc(Cn3cc(-c4cccc5cc[nH]c45)nn3)cc2)o1. The van der Waals surface area contributed by atoms with Crippen molar-refractivity contribution in [1.82, 2.24) is 30.2 Å². The summed E-state index contributed by atoms with van der Waals surface area (Å²) in [6, 6.07) is 15.2. The van der Waals surface area contributed by atoms with Crippen molar-refractivity contribution in [1.29, 1.82) is 0 Å². The van der Waals surface area contributed by atoms with Gasteiger partial charge in [0.2, 0.25) is 5.89 Å². The zero-order valence-electron chi connectivity index (χ0n) is 15.0. The lowest BCUT2D eigenvalue weighted by Crippen LogP contribution is -2.00. The van der Waals surface area contributed by atoms with Crippen LogP contribution in [0.3, 0.4) is 0 Å². The highest BCUT2D eigenvalue weighted by Crippen LogP contribution is 2.26. The minimum atomic E-state index is -2.78. The predicted octanol–water partition coefficient (Wildman–Crippen LogP) is 4.46. The number of hydrogen-bond donors (Lipinski definition) is 1. The largest absolute Gasteiger partial charge is 0.415 e. The maximum atomic E-state index is 12.6. The molecular formula is C20H14F2N6O. The van der Waals surface area contributed by atoms with Gasteiger partial charge in [-0.2, -0.15) is 8.78 Å². The Morgan fingerprint density at radius 3 is 2.66 bits per heavy atom. The van der Waals surface area contributed by atoms with E-state index in [1.165, 1.54) is 0 Å². The average Bonchev–Trinajstić information content (AvgIpc) is 3.48. The van der Waals surface area contributed by atoms with Crippen molar-refractivity contribution in [3.8, 4) is 22.7 Å². The van der Waals surface area contributed by atoms with Gasteiger partial charge in [-0.25, -0.2) is 4.68 Å². The van der Waals surface area contributed by atoms with Crippen LogP contribution >= 0.6 is 0 Å². The Kier molecular flexibility index (Phi) is 4.12. The van der Waals surface area contributed by atoms with Crippen molar-refractivity contribution in [3.63, 3.8) is 0 Å². The zero-order valence-corrected chi connectivity index (χ0v) is 15.0. The van der Waals surface area contributed by atoms with Crippen molar-refractivity contribution in [2.75, 3.05) is 0 Å². The Morgan fingerprint density at radius 2 is 1.86 bits per heavy atom. The fraction of sp³-hybridized carbons (Fsp3) is 0.100. The minimum Gasteiger partial charge on any atom is -0.415 e. The minimum absolute atomic E-state index is 0.0638. The Bertz CT molecular complexity index is 1270. The van der Waals surface area contributed by atoms with Gasteiger partial charge < -0.3 is 9.40 Å². The number of hydrogen-bond acceptors (Lipinski definition) is 5. The molecule has 0 atom stereocenters. The maximum Gasteiger partial charge on any atom is 0.314 e. The molecule has 3 aromatic heterocycles. The molecule has 7 nitrogen and oxygen atoms in total. The standard InChI is InChI=1S/C20H14F2N6O/c21-18(22)20-26-25-19(29-20)14-6-4-12(5-7-14)10-28-11-16(24-27-28)15-3-1-2-13-8-9-23-17(13)15/h1-9,11,18,23H,10H2. The van der Waals surface area contributed by atoms with Gasteiger partial charge in [-0.05, 0) is 23.8 Å². The van der Waals surface area contributed by atoms with Crippen molar-refractivity contribution in [3.05, 3.63) is 72.4 Å². The van der Waals surface area contributed by atoms with E-state index in [1.54, 1.807) is 16.8 Å². The summed E-state index contributed by atoms with van der Waals surface area (Å²) >= 11 is 0. The lowest BCUT2D eigenvalue weighted by atomic mass is 10.1. The van der Waals surface area contributed by atoms with Crippen LogP contribution in [0.2, 0.25) is 0 Å². The number of aromatic nitrogens is 6. The van der Waals surface area contributed by atoms with Gasteiger partial charge in [0.1, 0.15) is 5.69 Å². The molecule has 0 aliphatic carbocycles. The van der Waals surface area contributed by atoms with Crippen LogP contribution in [0.4, 0.5) is 8.78 Å². The molecular weight excluding hydrogens is 378 g/mol. The summed E-state index contributed by atoms with van der Waals surface area (Å²) in [4.78, 5) is 3.23. The van der Waals surface area contributed by atoms with E-state index in [4.69, 9.17) is 4.42 Å². The topological polar surface area (TPSA) is 85.4 Å². The number of nitrogens with zero attached hydrogens (tertiary/aromatic N) is 5. The van der Waals surface area contributed by atoms with Crippen molar-refractivity contribution >= 4 is 10.9 Å². The molecule has 0 radical (unpaired) electrons. The molecule has 144 valence electrons. The Morgan fingerprint density at radius 1 is 1.00 bits per heavy atom. The van der Waals surface area contributed by atoms with E-state index < -0.39 is 12.3 Å². The van der Waals surface area contributed by atoms with Crippen molar-refractivity contribution in [2.24, 2.45) is 0 Å². The number of aromatic amines is 1. The smallest absolute Gasteiger partial charge is 0.314 e. The third-order valence-electron chi connectivity index (χ3n) is 4.57. The van der Waals surface area contributed by atoms with Crippen LogP contribution < -0.4 is 0 Å². The van der Waals surface area contributed by atoms with E-state index in [1.807, 2.05) is 48.8 Å².